The first-order chi connectivity index (χ1) is 9.17. The number of nitrogens with one attached hydrogen (secondary N) is 1. The van der Waals surface area contributed by atoms with Crippen molar-refractivity contribution < 1.29 is 9.18 Å². The molecule has 0 saturated heterocycles. The number of rotatable bonds is 5. The minimum Gasteiger partial charge on any atom is -0.355 e. The molecule has 4 nitrogen and oxygen atoms in total. The molecule has 0 aliphatic rings. The van der Waals surface area contributed by atoms with Crippen LogP contribution in [-0.4, -0.2) is 27.9 Å². The van der Waals surface area contributed by atoms with Crippen LogP contribution in [0.5, 0.6) is 0 Å². The molecule has 0 aliphatic heterocycles. The van der Waals surface area contributed by atoms with Gasteiger partial charge >= 0.3 is 0 Å². The summed E-state index contributed by atoms with van der Waals surface area (Å²) in [6, 6.07) is 4.72. The van der Waals surface area contributed by atoms with Crippen molar-refractivity contribution >= 4 is 28.5 Å². The van der Waals surface area contributed by atoms with Gasteiger partial charge in [-0.05, 0) is 19.1 Å². The summed E-state index contributed by atoms with van der Waals surface area (Å²) >= 11 is 5.73. The zero-order chi connectivity index (χ0) is 13.8. The molecule has 0 atom stereocenters. The third-order valence-corrected chi connectivity index (χ3v) is 2.99. The van der Waals surface area contributed by atoms with Crippen LogP contribution in [0.4, 0.5) is 4.39 Å². The molecule has 1 aromatic heterocycles. The van der Waals surface area contributed by atoms with Crippen molar-refractivity contribution in [3.63, 3.8) is 0 Å². The van der Waals surface area contributed by atoms with Crippen LogP contribution >= 0.6 is 11.6 Å². The number of alkyl halides is 1. The number of hydrogen-bond acceptors (Lipinski definition) is 2. The highest BCUT2D eigenvalue weighted by atomic mass is 35.5. The number of aryl methyl sites for hydroxylation is 1. The van der Waals surface area contributed by atoms with Gasteiger partial charge in [0.15, 0.2) is 5.82 Å². The van der Waals surface area contributed by atoms with Crippen molar-refractivity contribution in [1.82, 2.24) is 14.9 Å². The van der Waals surface area contributed by atoms with E-state index in [4.69, 9.17) is 11.6 Å². The van der Waals surface area contributed by atoms with Crippen molar-refractivity contribution in [3.05, 3.63) is 29.8 Å². The second-order valence-electron chi connectivity index (χ2n) is 4.11. The number of fused-ring (bicyclic) bond motifs is 1. The number of nitrogens with zero attached hydrogens (tertiary/aromatic N) is 2. The van der Waals surface area contributed by atoms with Crippen LogP contribution in [0.25, 0.3) is 11.0 Å². The average molecular weight is 284 g/mol. The van der Waals surface area contributed by atoms with Gasteiger partial charge in [-0.2, -0.15) is 0 Å². The number of carbonyl (C=O) groups is 1. The quantitative estimate of drug-likeness (QED) is 0.854. The van der Waals surface area contributed by atoms with Crippen LogP contribution in [0.1, 0.15) is 12.7 Å². The number of amides is 1. The SMILES string of the molecule is CCNC(=O)Cn1c(CCCl)nc2c(F)cccc21. The Hall–Kier alpha value is -1.62. The molecule has 0 bridgehead atoms. The van der Waals surface area contributed by atoms with Crippen molar-refractivity contribution in [2.45, 2.75) is 19.9 Å². The Balaban J connectivity index is 2.46. The van der Waals surface area contributed by atoms with E-state index in [0.29, 0.717) is 30.2 Å². The second-order valence-corrected chi connectivity index (χ2v) is 4.49. The van der Waals surface area contributed by atoms with E-state index in [0.717, 1.165) is 0 Å². The van der Waals surface area contributed by atoms with E-state index in [1.54, 1.807) is 16.7 Å². The standard InChI is InChI=1S/C13H15ClFN3O/c1-2-16-12(19)8-18-10-5-3-4-9(15)13(10)17-11(18)6-7-14/h3-5H,2,6-8H2,1H3,(H,16,19). The van der Waals surface area contributed by atoms with Gasteiger partial charge in [0.2, 0.25) is 5.91 Å². The molecule has 0 spiro atoms. The topological polar surface area (TPSA) is 46.9 Å². The van der Waals surface area contributed by atoms with Gasteiger partial charge in [-0.15, -0.1) is 11.6 Å². The summed E-state index contributed by atoms with van der Waals surface area (Å²) in [5.74, 6) is 0.492. The fourth-order valence-electron chi connectivity index (χ4n) is 2.01. The predicted octanol–water partition coefficient (Wildman–Crippen LogP) is 2.09. The van der Waals surface area contributed by atoms with Gasteiger partial charge in [-0.1, -0.05) is 6.07 Å². The monoisotopic (exact) mass is 283 g/mol. The van der Waals surface area contributed by atoms with Crippen LogP contribution in [0.3, 0.4) is 0 Å². The van der Waals surface area contributed by atoms with Gasteiger partial charge in [0.05, 0.1) is 5.52 Å². The number of benzene rings is 1. The largest absolute Gasteiger partial charge is 0.355 e. The van der Waals surface area contributed by atoms with E-state index >= 15 is 0 Å². The number of aromatic nitrogens is 2. The Morgan fingerprint density at radius 2 is 2.32 bits per heavy atom. The molecular formula is C13H15ClFN3O. The van der Waals surface area contributed by atoms with Gasteiger partial charge in [0.25, 0.3) is 0 Å². The zero-order valence-corrected chi connectivity index (χ0v) is 11.4. The van der Waals surface area contributed by atoms with Crippen molar-refractivity contribution in [2.24, 2.45) is 0 Å². The van der Waals surface area contributed by atoms with Crippen LogP contribution in [0.15, 0.2) is 18.2 Å². The number of hydrogen-bond donors (Lipinski definition) is 1. The molecule has 2 aromatic rings. The lowest BCUT2D eigenvalue weighted by Gasteiger charge is -2.08. The fraction of sp³-hybridized carbons (Fsp3) is 0.385. The third-order valence-electron chi connectivity index (χ3n) is 2.80. The number of carbonyl (C=O) groups excluding carboxylic acids is 1. The Kier molecular flexibility index (Phi) is 4.37. The maximum absolute atomic E-state index is 13.7. The van der Waals surface area contributed by atoms with Crippen LogP contribution < -0.4 is 5.32 Å². The highest BCUT2D eigenvalue weighted by molar-refractivity contribution is 6.17. The highest BCUT2D eigenvalue weighted by Gasteiger charge is 2.15. The van der Waals surface area contributed by atoms with E-state index in [1.807, 2.05) is 6.92 Å². The average Bonchev–Trinajstić information content (AvgIpc) is 2.71. The highest BCUT2D eigenvalue weighted by Crippen LogP contribution is 2.19. The van der Waals surface area contributed by atoms with E-state index < -0.39 is 0 Å². The van der Waals surface area contributed by atoms with E-state index in [-0.39, 0.29) is 23.8 Å². The molecule has 6 heteroatoms. The molecular weight excluding hydrogens is 269 g/mol. The van der Waals surface area contributed by atoms with E-state index in [2.05, 4.69) is 10.3 Å². The Bertz CT molecular complexity index is 597. The summed E-state index contributed by atoms with van der Waals surface area (Å²) in [6.45, 7) is 2.54. The first-order valence-electron chi connectivity index (χ1n) is 6.13. The summed E-state index contributed by atoms with van der Waals surface area (Å²) in [5, 5.41) is 2.72. The summed E-state index contributed by atoms with van der Waals surface area (Å²) in [5.41, 5.74) is 0.901. The maximum atomic E-state index is 13.7. The minimum absolute atomic E-state index is 0.123. The van der Waals surface area contributed by atoms with Gasteiger partial charge in [0, 0.05) is 18.8 Å². The first-order valence-corrected chi connectivity index (χ1v) is 6.67. The molecule has 1 heterocycles. The summed E-state index contributed by atoms with van der Waals surface area (Å²) in [7, 11) is 0. The predicted molar refractivity (Wildman–Crippen MR) is 72.8 cm³/mol. The van der Waals surface area contributed by atoms with Crippen LogP contribution in [-0.2, 0) is 17.8 Å². The van der Waals surface area contributed by atoms with Gasteiger partial charge < -0.3 is 9.88 Å². The van der Waals surface area contributed by atoms with E-state index in [9.17, 15) is 9.18 Å². The van der Waals surface area contributed by atoms with Crippen LogP contribution in [0.2, 0.25) is 0 Å². The minimum atomic E-state index is -0.386. The number of likely N-dealkylation sites (N-methyl/N-ethyl adjacent to an activating group) is 1. The van der Waals surface area contributed by atoms with Gasteiger partial charge in [-0.3, -0.25) is 4.79 Å². The van der Waals surface area contributed by atoms with Crippen molar-refractivity contribution in [3.8, 4) is 0 Å². The molecule has 19 heavy (non-hydrogen) atoms. The molecule has 1 aromatic carbocycles. The number of para-hydroxylation sites is 1. The normalized spacial score (nSPS) is 10.9. The summed E-state index contributed by atoms with van der Waals surface area (Å²) in [6.07, 6.45) is 0.495. The molecule has 0 saturated carbocycles. The molecule has 2 rings (SSSR count). The van der Waals surface area contributed by atoms with Crippen molar-refractivity contribution in [2.75, 3.05) is 12.4 Å². The summed E-state index contributed by atoms with van der Waals surface area (Å²) in [4.78, 5) is 15.9. The number of imidazole rings is 1. The molecule has 1 N–H and O–H groups in total. The molecule has 0 aliphatic carbocycles. The molecule has 102 valence electrons. The zero-order valence-electron chi connectivity index (χ0n) is 10.6. The molecule has 0 fully saturated rings. The van der Waals surface area contributed by atoms with Crippen molar-refractivity contribution in [1.29, 1.82) is 0 Å². The smallest absolute Gasteiger partial charge is 0.239 e. The fourth-order valence-corrected chi connectivity index (χ4v) is 2.18. The lowest BCUT2D eigenvalue weighted by molar-refractivity contribution is -0.121. The molecule has 0 radical (unpaired) electrons. The lowest BCUT2D eigenvalue weighted by atomic mass is 10.3. The maximum Gasteiger partial charge on any atom is 0.239 e. The third kappa shape index (κ3) is 2.87. The van der Waals surface area contributed by atoms with Gasteiger partial charge in [-0.25, -0.2) is 9.37 Å². The Morgan fingerprint density at radius 1 is 1.53 bits per heavy atom. The van der Waals surface area contributed by atoms with Gasteiger partial charge in [0.1, 0.15) is 17.9 Å². The first kappa shape index (κ1) is 13.8. The van der Waals surface area contributed by atoms with Crippen LogP contribution in [0, 0.1) is 5.82 Å². The Morgan fingerprint density at radius 3 is 3.00 bits per heavy atom. The number of halogens is 2. The second kappa shape index (κ2) is 6.02. The lowest BCUT2D eigenvalue weighted by Crippen LogP contribution is -2.27. The van der Waals surface area contributed by atoms with E-state index in [1.165, 1.54) is 6.07 Å². The Labute approximate surface area is 115 Å². The molecule has 0 unspecified atom stereocenters. The molecule has 1 amide bonds. The summed E-state index contributed by atoms with van der Waals surface area (Å²) < 4.78 is 15.4.